The van der Waals surface area contributed by atoms with E-state index in [1.165, 1.54) is 0 Å². The van der Waals surface area contributed by atoms with Crippen LogP contribution in [-0.4, -0.2) is 47.8 Å². The predicted molar refractivity (Wildman–Crippen MR) is 92.5 cm³/mol. The number of rotatable bonds is 7. The number of nitrogens with one attached hydrogen (secondary N) is 1. The monoisotopic (exact) mass is 358 g/mol. The van der Waals surface area contributed by atoms with Crippen molar-refractivity contribution >= 4 is 23.6 Å². The minimum atomic E-state index is -0.930. The normalized spacial score (nSPS) is 19.7. The number of ether oxygens (including phenoxy) is 1. The first-order chi connectivity index (χ1) is 12.5. The van der Waals surface area contributed by atoms with Crippen molar-refractivity contribution in [2.24, 2.45) is 0 Å². The fraction of sp³-hybridized carbons (Fsp3) is 0.474. The van der Waals surface area contributed by atoms with E-state index in [-0.39, 0.29) is 18.7 Å². The molecule has 0 bridgehead atoms. The molecule has 1 aromatic rings. The van der Waals surface area contributed by atoms with E-state index in [1.54, 1.807) is 12.1 Å². The Hall–Kier alpha value is -2.54. The molecule has 1 aromatic carbocycles. The third-order valence-electron chi connectivity index (χ3n) is 4.64. The lowest BCUT2D eigenvalue weighted by Crippen LogP contribution is -2.54. The molecular weight excluding hydrogens is 336 g/mol. The van der Waals surface area contributed by atoms with E-state index >= 15 is 0 Å². The highest BCUT2D eigenvalue weighted by molar-refractivity contribution is 6.24. The highest BCUT2D eigenvalue weighted by atomic mass is 16.5. The standard InChI is InChI=1S/C19H22N2O5/c1-2-10-26-11-4-6-12-5-3-7-13-16(12)19(25)21(18(13)24)14-8-9-15(22)20-17(14)23/h3,5,7,14H,2,4,6,8-11H2,1H3,(H,20,22,23). The summed E-state index contributed by atoms with van der Waals surface area (Å²) >= 11 is 0. The van der Waals surface area contributed by atoms with E-state index in [9.17, 15) is 19.2 Å². The summed E-state index contributed by atoms with van der Waals surface area (Å²) in [5.41, 5.74) is 1.49. The Labute approximate surface area is 151 Å². The minimum absolute atomic E-state index is 0.117. The van der Waals surface area contributed by atoms with E-state index in [2.05, 4.69) is 5.32 Å². The summed E-state index contributed by atoms with van der Waals surface area (Å²) < 4.78 is 5.47. The maximum absolute atomic E-state index is 12.9. The van der Waals surface area contributed by atoms with Crippen LogP contribution in [0.5, 0.6) is 0 Å². The van der Waals surface area contributed by atoms with Gasteiger partial charge < -0.3 is 4.74 Å². The lowest BCUT2D eigenvalue weighted by Gasteiger charge is -2.27. The Morgan fingerprint density at radius 2 is 1.96 bits per heavy atom. The zero-order valence-electron chi connectivity index (χ0n) is 14.7. The van der Waals surface area contributed by atoms with Gasteiger partial charge in [0.25, 0.3) is 11.8 Å². The fourth-order valence-electron chi connectivity index (χ4n) is 3.40. The molecule has 2 aliphatic heterocycles. The molecule has 0 aromatic heterocycles. The number of hydrogen-bond donors (Lipinski definition) is 1. The second-order valence-electron chi connectivity index (χ2n) is 6.50. The third kappa shape index (κ3) is 3.39. The molecule has 1 N–H and O–H groups in total. The number of amides is 4. The zero-order valence-corrected chi connectivity index (χ0v) is 14.7. The Morgan fingerprint density at radius 3 is 2.69 bits per heavy atom. The highest BCUT2D eigenvalue weighted by Crippen LogP contribution is 2.30. The van der Waals surface area contributed by atoms with Crippen LogP contribution in [0.1, 0.15) is 58.9 Å². The van der Waals surface area contributed by atoms with Crippen LogP contribution < -0.4 is 5.32 Å². The first-order valence-electron chi connectivity index (χ1n) is 8.95. The number of fused-ring (bicyclic) bond motifs is 1. The van der Waals surface area contributed by atoms with Gasteiger partial charge in [0.15, 0.2) is 0 Å². The van der Waals surface area contributed by atoms with Crippen LogP contribution in [0.2, 0.25) is 0 Å². The Balaban J connectivity index is 1.78. The topological polar surface area (TPSA) is 92.8 Å². The highest BCUT2D eigenvalue weighted by Gasteiger charge is 2.45. The molecule has 1 fully saturated rings. The lowest BCUT2D eigenvalue weighted by atomic mass is 9.99. The van der Waals surface area contributed by atoms with E-state index < -0.39 is 23.8 Å². The van der Waals surface area contributed by atoms with Gasteiger partial charge in [0.1, 0.15) is 6.04 Å². The number of nitrogens with zero attached hydrogens (tertiary/aromatic N) is 1. The van der Waals surface area contributed by atoms with Gasteiger partial charge in [-0.3, -0.25) is 29.4 Å². The van der Waals surface area contributed by atoms with Crippen LogP contribution in [0.15, 0.2) is 18.2 Å². The van der Waals surface area contributed by atoms with Crippen molar-refractivity contribution in [3.8, 4) is 0 Å². The van der Waals surface area contributed by atoms with Crippen molar-refractivity contribution in [2.75, 3.05) is 13.2 Å². The Bertz CT molecular complexity index is 758. The molecule has 0 spiro atoms. The predicted octanol–water partition coefficient (Wildman–Crippen LogP) is 1.45. The lowest BCUT2D eigenvalue weighted by molar-refractivity contribution is -0.136. The molecule has 7 heteroatoms. The molecule has 1 unspecified atom stereocenters. The molecule has 1 saturated heterocycles. The SMILES string of the molecule is CCCOCCCc1cccc2c1C(=O)N(C1CCC(=O)NC1=O)C2=O. The van der Waals surface area contributed by atoms with Crippen molar-refractivity contribution in [3.63, 3.8) is 0 Å². The molecule has 4 amide bonds. The molecule has 0 saturated carbocycles. The molecule has 0 radical (unpaired) electrons. The van der Waals surface area contributed by atoms with Gasteiger partial charge in [-0.15, -0.1) is 0 Å². The largest absolute Gasteiger partial charge is 0.381 e. The summed E-state index contributed by atoms with van der Waals surface area (Å²) in [6.45, 7) is 3.34. The van der Waals surface area contributed by atoms with Crippen LogP contribution in [0.4, 0.5) is 0 Å². The maximum atomic E-state index is 12.9. The smallest absolute Gasteiger partial charge is 0.262 e. The van der Waals surface area contributed by atoms with Gasteiger partial charge in [-0.2, -0.15) is 0 Å². The first-order valence-corrected chi connectivity index (χ1v) is 8.95. The molecule has 26 heavy (non-hydrogen) atoms. The summed E-state index contributed by atoms with van der Waals surface area (Å²) in [4.78, 5) is 50.0. The average Bonchev–Trinajstić information content (AvgIpc) is 2.87. The Morgan fingerprint density at radius 1 is 1.15 bits per heavy atom. The number of benzene rings is 1. The second-order valence-corrected chi connectivity index (χ2v) is 6.50. The van der Waals surface area contributed by atoms with Gasteiger partial charge in [0.2, 0.25) is 11.8 Å². The van der Waals surface area contributed by atoms with E-state index in [0.29, 0.717) is 30.8 Å². The summed E-state index contributed by atoms with van der Waals surface area (Å²) in [6, 6.07) is 4.26. The average molecular weight is 358 g/mol. The van der Waals surface area contributed by atoms with Crippen molar-refractivity contribution in [2.45, 2.75) is 45.1 Å². The molecule has 1 atom stereocenters. The fourth-order valence-corrected chi connectivity index (χ4v) is 3.40. The molecule has 2 heterocycles. The number of carbonyl (C=O) groups is 4. The van der Waals surface area contributed by atoms with Gasteiger partial charge in [-0.25, -0.2) is 0 Å². The van der Waals surface area contributed by atoms with Crippen LogP contribution in [0, 0.1) is 0 Å². The number of carbonyl (C=O) groups excluding carboxylic acids is 4. The maximum Gasteiger partial charge on any atom is 0.262 e. The van der Waals surface area contributed by atoms with E-state index in [1.807, 2.05) is 13.0 Å². The molecule has 138 valence electrons. The molecule has 7 nitrogen and oxygen atoms in total. The summed E-state index contributed by atoms with van der Waals surface area (Å²) in [6.07, 6.45) is 2.60. The molecule has 3 rings (SSSR count). The van der Waals surface area contributed by atoms with Crippen LogP contribution in [0.3, 0.4) is 0 Å². The molecule has 0 aliphatic carbocycles. The number of aryl methyl sites for hydroxylation is 1. The van der Waals surface area contributed by atoms with Crippen molar-refractivity contribution in [1.29, 1.82) is 0 Å². The van der Waals surface area contributed by atoms with Gasteiger partial charge >= 0.3 is 0 Å². The van der Waals surface area contributed by atoms with E-state index in [4.69, 9.17) is 4.74 Å². The first kappa shape index (κ1) is 18.3. The quantitative estimate of drug-likeness (QED) is 0.588. The van der Waals surface area contributed by atoms with Gasteiger partial charge in [-0.05, 0) is 37.3 Å². The molecular formula is C19H22N2O5. The van der Waals surface area contributed by atoms with Crippen LogP contribution >= 0.6 is 0 Å². The van der Waals surface area contributed by atoms with Crippen molar-refractivity contribution < 1.29 is 23.9 Å². The number of imide groups is 2. The number of hydrogen-bond acceptors (Lipinski definition) is 5. The van der Waals surface area contributed by atoms with Crippen molar-refractivity contribution in [3.05, 3.63) is 34.9 Å². The van der Waals surface area contributed by atoms with Crippen LogP contribution in [0.25, 0.3) is 0 Å². The minimum Gasteiger partial charge on any atom is -0.381 e. The summed E-state index contributed by atoms with van der Waals surface area (Å²) in [5, 5.41) is 2.20. The van der Waals surface area contributed by atoms with Crippen molar-refractivity contribution in [1.82, 2.24) is 10.2 Å². The van der Waals surface area contributed by atoms with Gasteiger partial charge in [0.05, 0.1) is 11.1 Å². The zero-order chi connectivity index (χ0) is 18.7. The molecule has 2 aliphatic rings. The third-order valence-corrected chi connectivity index (χ3v) is 4.64. The number of piperidine rings is 1. The summed E-state index contributed by atoms with van der Waals surface area (Å²) in [7, 11) is 0. The van der Waals surface area contributed by atoms with E-state index in [0.717, 1.165) is 23.3 Å². The summed E-state index contributed by atoms with van der Waals surface area (Å²) in [5.74, 6) is -1.89. The van der Waals surface area contributed by atoms with Gasteiger partial charge in [0, 0.05) is 19.6 Å². The second kappa shape index (κ2) is 7.78. The van der Waals surface area contributed by atoms with Crippen LogP contribution in [-0.2, 0) is 20.7 Å². The Kier molecular flexibility index (Phi) is 5.46. The van der Waals surface area contributed by atoms with Gasteiger partial charge in [-0.1, -0.05) is 19.1 Å².